The fraction of sp³-hybridized carbons (Fsp3) is 0. The predicted molar refractivity (Wildman–Crippen MR) is 163 cm³/mol. The Labute approximate surface area is 254 Å². The lowest BCUT2D eigenvalue weighted by Gasteiger charge is -2.10. The van der Waals surface area contributed by atoms with Crippen LogP contribution >= 0.6 is 0 Å². The Morgan fingerprint density at radius 2 is 1.22 bits per heavy atom. The first-order valence-electron chi connectivity index (χ1n) is 12.6. The summed E-state index contributed by atoms with van der Waals surface area (Å²) in [5.74, 6) is 0.0496. The molecule has 0 heterocycles. The minimum Gasteiger partial charge on any atom is -0.508 e. The van der Waals surface area contributed by atoms with Crippen molar-refractivity contribution >= 4 is 70.8 Å². The molecule has 0 radical (unpaired) electrons. The highest BCUT2D eigenvalue weighted by Gasteiger charge is 2.20. The zero-order chi connectivity index (χ0) is 32.4. The van der Waals surface area contributed by atoms with Crippen molar-refractivity contribution in [1.29, 1.82) is 0 Å². The van der Waals surface area contributed by atoms with E-state index < -0.39 is 35.7 Å². The van der Waals surface area contributed by atoms with E-state index in [0.29, 0.717) is 33.5 Å². The summed E-state index contributed by atoms with van der Waals surface area (Å²) in [4.78, 5) is 9.21. The molecule has 5 aromatic rings. The predicted octanol–water partition coefficient (Wildman–Crippen LogP) is 7.52. The summed E-state index contributed by atoms with van der Waals surface area (Å²) < 4.78 is 66.3. The molecule has 0 aliphatic rings. The van der Waals surface area contributed by atoms with E-state index in [4.69, 9.17) is 0 Å². The average Bonchev–Trinajstić information content (AvgIpc) is 2.99. The number of phenols is 1. The number of nitrogens with zero attached hydrogens (tertiary/aromatic N) is 5. The van der Waals surface area contributed by atoms with E-state index in [1.165, 1.54) is 54.6 Å². The summed E-state index contributed by atoms with van der Waals surface area (Å²) in [7, 11) is -9.31. The van der Waals surface area contributed by atoms with Gasteiger partial charge in [-0.05, 0) is 78.9 Å². The Hall–Kier alpha value is -5.62. The van der Waals surface area contributed by atoms with Gasteiger partial charge >= 0.3 is 0 Å². The van der Waals surface area contributed by atoms with E-state index in [0.717, 1.165) is 18.2 Å². The second kappa shape index (κ2) is 12.2. The van der Waals surface area contributed by atoms with Gasteiger partial charge in [0.1, 0.15) is 10.6 Å². The molecule has 17 heteroatoms. The molecule has 4 N–H and O–H groups in total. The van der Waals surface area contributed by atoms with Crippen molar-refractivity contribution in [2.24, 2.45) is 20.5 Å². The fourth-order valence-electron chi connectivity index (χ4n) is 4.08. The molecule has 0 saturated carbocycles. The molecule has 0 fully saturated rings. The molecule has 0 bridgehead atoms. The van der Waals surface area contributed by atoms with Gasteiger partial charge in [-0.1, -0.05) is 6.07 Å². The van der Waals surface area contributed by atoms with Crippen molar-refractivity contribution in [3.8, 4) is 5.75 Å². The Balaban J connectivity index is 1.44. The van der Waals surface area contributed by atoms with Crippen LogP contribution in [0.2, 0.25) is 0 Å². The van der Waals surface area contributed by atoms with Crippen LogP contribution in [0.3, 0.4) is 0 Å². The van der Waals surface area contributed by atoms with Crippen LogP contribution in [0.25, 0.3) is 10.8 Å². The maximum absolute atomic E-state index is 11.8. The smallest absolute Gasteiger partial charge is 0.296 e. The monoisotopic (exact) mass is 648 g/mol. The van der Waals surface area contributed by atoms with E-state index in [2.05, 4.69) is 25.8 Å². The number of fused-ring (bicyclic) bond motifs is 1. The molecule has 0 atom stereocenters. The molecule has 0 aromatic heterocycles. The van der Waals surface area contributed by atoms with Gasteiger partial charge in [0.15, 0.2) is 0 Å². The molecular weight excluding hydrogens is 628 g/mol. The van der Waals surface area contributed by atoms with Gasteiger partial charge in [0.2, 0.25) is 0 Å². The number of nitro groups is 1. The first-order chi connectivity index (χ1) is 21.3. The summed E-state index contributed by atoms with van der Waals surface area (Å²) in [5.41, 5.74) is 1.18. The first-order valence-corrected chi connectivity index (χ1v) is 15.5. The minimum absolute atomic E-state index is 0.0496. The van der Waals surface area contributed by atoms with Gasteiger partial charge in [-0.15, -0.1) is 10.2 Å². The minimum atomic E-state index is -4.78. The van der Waals surface area contributed by atoms with Crippen LogP contribution in [0.5, 0.6) is 5.75 Å². The lowest BCUT2D eigenvalue weighted by molar-refractivity contribution is -0.385. The van der Waals surface area contributed by atoms with Crippen LogP contribution in [0.4, 0.5) is 39.8 Å². The third-order valence-electron chi connectivity index (χ3n) is 6.24. The number of anilines is 2. The van der Waals surface area contributed by atoms with Crippen molar-refractivity contribution in [2.75, 3.05) is 5.32 Å². The van der Waals surface area contributed by atoms with Crippen LogP contribution < -0.4 is 5.32 Å². The second-order valence-electron chi connectivity index (χ2n) is 9.29. The highest BCUT2D eigenvalue weighted by Crippen LogP contribution is 2.37. The van der Waals surface area contributed by atoms with E-state index in [1.54, 1.807) is 24.3 Å². The van der Waals surface area contributed by atoms with Crippen molar-refractivity contribution < 1.29 is 36.0 Å². The third-order valence-corrected chi connectivity index (χ3v) is 7.98. The Bertz CT molecular complexity index is 2220. The quantitative estimate of drug-likeness (QED) is 0.0530. The molecular formula is C28H20N6O9S2. The molecule has 0 aliphatic carbocycles. The third kappa shape index (κ3) is 7.31. The van der Waals surface area contributed by atoms with Gasteiger partial charge in [-0.25, -0.2) is 0 Å². The number of nitrogens with one attached hydrogen (secondary N) is 1. The van der Waals surface area contributed by atoms with Crippen LogP contribution in [-0.4, -0.2) is 36.0 Å². The first kappa shape index (κ1) is 30.8. The topological polar surface area (TPSA) is 234 Å². The van der Waals surface area contributed by atoms with Crippen molar-refractivity contribution in [2.45, 2.75) is 9.79 Å². The molecule has 228 valence electrons. The number of aromatic hydroxyl groups is 1. The Morgan fingerprint density at radius 3 is 1.78 bits per heavy atom. The zero-order valence-corrected chi connectivity index (χ0v) is 24.2. The molecule has 5 aromatic carbocycles. The average molecular weight is 649 g/mol. The standard InChI is InChI=1S/C28H20N6O9S2/c35-21-8-5-19(6-9-21)31-33-26-14-13-25(23-11-10-22(16-24(23)26)44(38,39)40)32-30-18-3-1-17(2-4-18)29-27-12-7-20(34(36)37)15-28(27)45(41,42)43/h1-16,29,35H,(H,38,39,40)(H,41,42,43). The Morgan fingerprint density at radius 1 is 0.644 bits per heavy atom. The van der Waals surface area contributed by atoms with Crippen molar-refractivity contribution in [3.05, 3.63) is 107 Å². The van der Waals surface area contributed by atoms with Crippen LogP contribution in [0.15, 0.2) is 127 Å². The van der Waals surface area contributed by atoms with Gasteiger partial charge in [-0.3, -0.25) is 19.2 Å². The summed E-state index contributed by atoms with van der Waals surface area (Å²) in [5, 5.41) is 40.8. The van der Waals surface area contributed by atoms with Gasteiger partial charge in [0, 0.05) is 28.6 Å². The second-order valence-corrected chi connectivity index (χ2v) is 12.1. The summed E-state index contributed by atoms with van der Waals surface area (Å²) in [6, 6.07) is 22.1. The van der Waals surface area contributed by atoms with E-state index >= 15 is 0 Å². The van der Waals surface area contributed by atoms with Gasteiger partial charge in [0.05, 0.1) is 38.3 Å². The SMILES string of the molecule is O=[N+]([O-])c1ccc(Nc2ccc(N=Nc3ccc(N=Nc4ccc(O)cc4)c4cc(S(=O)(=O)O)ccc34)cc2)c(S(=O)(=O)O)c1. The van der Waals surface area contributed by atoms with E-state index in [1.807, 2.05) is 0 Å². The summed E-state index contributed by atoms with van der Waals surface area (Å²) in [6.07, 6.45) is 0. The number of non-ortho nitro benzene ring substituents is 1. The van der Waals surface area contributed by atoms with Crippen LogP contribution in [0, 0.1) is 10.1 Å². The summed E-state index contributed by atoms with van der Waals surface area (Å²) in [6.45, 7) is 0. The number of phenolic OH excluding ortho intramolecular Hbond substituents is 1. The number of rotatable bonds is 9. The molecule has 0 spiro atoms. The molecule has 5 rings (SSSR count). The van der Waals surface area contributed by atoms with Gasteiger partial charge < -0.3 is 10.4 Å². The lowest BCUT2D eigenvalue weighted by atomic mass is 10.1. The maximum atomic E-state index is 11.8. The molecule has 0 amide bonds. The molecule has 15 nitrogen and oxygen atoms in total. The number of benzene rings is 5. The molecule has 0 aliphatic heterocycles. The van der Waals surface area contributed by atoms with Crippen molar-refractivity contribution in [3.63, 3.8) is 0 Å². The fourth-order valence-corrected chi connectivity index (χ4v) is 5.26. The number of hydrogen-bond donors (Lipinski definition) is 4. The van der Waals surface area contributed by atoms with Crippen LogP contribution in [0.1, 0.15) is 0 Å². The maximum Gasteiger partial charge on any atom is 0.296 e. The largest absolute Gasteiger partial charge is 0.508 e. The van der Waals surface area contributed by atoms with E-state index in [-0.39, 0.29) is 22.0 Å². The normalized spacial score (nSPS) is 12.2. The van der Waals surface area contributed by atoms with E-state index in [9.17, 15) is 41.2 Å². The number of hydrogen-bond acceptors (Lipinski definition) is 12. The number of azo groups is 2. The van der Waals surface area contributed by atoms with Gasteiger partial charge in [0.25, 0.3) is 25.9 Å². The summed E-state index contributed by atoms with van der Waals surface area (Å²) >= 11 is 0. The molecule has 0 unspecified atom stereocenters. The highest BCUT2D eigenvalue weighted by molar-refractivity contribution is 7.86. The van der Waals surface area contributed by atoms with Crippen molar-refractivity contribution in [1.82, 2.24) is 0 Å². The molecule has 0 saturated heterocycles. The van der Waals surface area contributed by atoms with Crippen LogP contribution in [-0.2, 0) is 20.2 Å². The van der Waals surface area contributed by atoms with Gasteiger partial charge in [-0.2, -0.15) is 27.1 Å². The highest BCUT2D eigenvalue weighted by atomic mass is 32.2. The zero-order valence-electron chi connectivity index (χ0n) is 22.6. The lowest BCUT2D eigenvalue weighted by Crippen LogP contribution is -2.04. The molecule has 45 heavy (non-hydrogen) atoms. The Kier molecular flexibility index (Phi) is 8.34. The number of nitro benzene ring substituents is 1.